The number of carbonyl (C=O) groups is 1. The van der Waals surface area contributed by atoms with Gasteiger partial charge in [-0.05, 0) is 24.1 Å². The minimum absolute atomic E-state index is 0.124. The smallest absolute Gasteiger partial charge is 0.406 e. The summed E-state index contributed by atoms with van der Waals surface area (Å²) in [7, 11) is 0. The molecule has 2 amide bonds. The molecule has 4 nitrogen and oxygen atoms in total. The van der Waals surface area contributed by atoms with E-state index in [1.54, 1.807) is 0 Å². The number of hydrogen-bond acceptors (Lipinski definition) is 2. The third kappa shape index (κ3) is 7.75. The molecule has 0 spiro atoms. The summed E-state index contributed by atoms with van der Waals surface area (Å²) in [6.07, 6.45) is -9.81. The summed E-state index contributed by atoms with van der Waals surface area (Å²) in [5.74, 6) is -0.441. The Hall–Kier alpha value is -2.39. The number of hydrogen-bond donors (Lipinski definition) is 2. The highest BCUT2D eigenvalue weighted by atomic mass is 19.4. The fourth-order valence-electron chi connectivity index (χ4n) is 1.57. The lowest BCUT2D eigenvalue weighted by Gasteiger charge is -2.12. The predicted molar refractivity (Wildman–Crippen MR) is 73.2 cm³/mol. The first-order valence-electron chi connectivity index (χ1n) is 6.59. The van der Waals surface area contributed by atoms with Crippen molar-refractivity contribution in [1.29, 1.82) is 0 Å². The van der Waals surface area contributed by atoms with Crippen molar-refractivity contribution in [3.8, 4) is 5.75 Å². The van der Waals surface area contributed by atoms with E-state index in [4.69, 9.17) is 0 Å². The van der Waals surface area contributed by atoms with Crippen LogP contribution in [0.1, 0.15) is 12.0 Å². The molecule has 0 aliphatic carbocycles. The Labute approximate surface area is 133 Å². The Balaban J connectivity index is 2.39. The van der Waals surface area contributed by atoms with Gasteiger partial charge in [0.25, 0.3) is 0 Å². The molecule has 0 heterocycles. The van der Waals surface area contributed by atoms with Crippen LogP contribution in [0.25, 0.3) is 0 Å². The quantitative estimate of drug-likeness (QED) is 0.600. The summed E-state index contributed by atoms with van der Waals surface area (Å²) in [4.78, 5) is 11.4. The fraction of sp³-hybridized carbons (Fsp3) is 0.357. The molecule has 0 aromatic heterocycles. The van der Waals surface area contributed by atoms with Gasteiger partial charge in [0.05, 0.1) is 0 Å². The van der Waals surface area contributed by atoms with Crippen LogP contribution in [-0.2, 0) is 6.54 Å². The lowest BCUT2D eigenvalue weighted by atomic mass is 10.2. The Morgan fingerprint density at radius 3 is 2.38 bits per heavy atom. The molecule has 1 aromatic rings. The number of halogens is 6. The van der Waals surface area contributed by atoms with E-state index >= 15 is 0 Å². The van der Waals surface area contributed by atoms with Crippen molar-refractivity contribution >= 4 is 6.03 Å². The van der Waals surface area contributed by atoms with Gasteiger partial charge >= 0.3 is 18.6 Å². The first kappa shape index (κ1) is 19.7. The maximum absolute atomic E-state index is 12.2. The molecule has 1 aromatic carbocycles. The van der Waals surface area contributed by atoms with Gasteiger partial charge in [0.2, 0.25) is 0 Å². The van der Waals surface area contributed by atoms with Crippen LogP contribution in [0.4, 0.5) is 31.1 Å². The van der Waals surface area contributed by atoms with Crippen LogP contribution in [-0.4, -0.2) is 25.1 Å². The largest absolute Gasteiger partial charge is 0.573 e. The van der Waals surface area contributed by atoms with E-state index in [-0.39, 0.29) is 13.1 Å². The number of ether oxygens (including phenoxy) is 1. The molecule has 10 heteroatoms. The third-order valence-corrected chi connectivity index (χ3v) is 2.70. The average molecular weight is 356 g/mol. The van der Waals surface area contributed by atoms with Crippen LogP contribution in [0.15, 0.2) is 36.4 Å². The average Bonchev–Trinajstić information content (AvgIpc) is 2.42. The zero-order chi connectivity index (χ0) is 18.4. The van der Waals surface area contributed by atoms with Crippen LogP contribution in [0.2, 0.25) is 0 Å². The van der Waals surface area contributed by atoms with Crippen LogP contribution in [0.5, 0.6) is 5.75 Å². The Morgan fingerprint density at radius 2 is 1.79 bits per heavy atom. The van der Waals surface area contributed by atoms with E-state index in [0.717, 1.165) is 12.1 Å². The Morgan fingerprint density at radius 1 is 1.12 bits per heavy atom. The zero-order valence-electron chi connectivity index (χ0n) is 12.2. The number of rotatable bonds is 6. The van der Waals surface area contributed by atoms with Crippen LogP contribution in [0.3, 0.4) is 0 Å². The highest BCUT2D eigenvalue weighted by molar-refractivity contribution is 5.73. The summed E-state index contributed by atoms with van der Waals surface area (Å²) in [5.41, 5.74) is -0.647. The number of alkyl halides is 6. The predicted octanol–water partition coefficient (Wildman–Crippen LogP) is 3.89. The van der Waals surface area contributed by atoms with Crippen molar-refractivity contribution in [3.05, 3.63) is 42.0 Å². The molecule has 0 radical (unpaired) electrons. The second-order valence-corrected chi connectivity index (χ2v) is 4.66. The van der Waals surface area contributed by atoms with E-state index in [1.165, 1.54) is 12.1 Å². The fourth-order valence-corrected chi connectivity index (χ4v) is 1.57. The molecule has 2 N–H and O–H groups in total. The highest BCUT2D eigenvalue weighted by Crippen LogP contribution is 2.26. The van der Waals surface area contributed by atoms with Crippen molar-refractivity contribution in [2.75, 3.05) is 6.54 Å². The first-order chi connectivity index (χ1) is 11.0. The van der Waals surface area contributed by atoms with Crippen molar-refractivity contribution in [2.24, 2.45) is 0 Å². The van der Waals surface area contributed by atoms with E-state index in [9.17, 15) is 31.1 Å². The topological polar surface area (TPSA) is 50.4 Å². The monoisotopic (exact) mass is 356 g/mol. The highest BCUT2D eigenvalue weighted by Gasteiger charge is 2.31. The lowest BCUT2D eigenvalue weighted by Crippen LogP contribution is -2.36. The molecule has 24 heavy (non-hydrogen) atoms. The molecule has 134 valence electrons. The van der Waals surface area contributed by atoms with Gasteiger partial charge in [0, 0.05) is 18.7 Å². The van der Waals surface area contributed by atoms with E-state index in [1.807, 2.05) is 0 Å². The minimum atomic E-state index is -4.83. The molecule has 0 aliphatic rings. The maximum atomic E-state index is 12.2. The van der Waals surface area contributed by atoms with Gasteiger partial charge in [-0.25, -0.2) is 4.79 Å². The van der Waals surface area contributed by atoms with Gasteiger partial charge in [0.1, 0.15) is 5.75 Å². The normalized spacial score (nSPS) is 11.8. The van der Waals surface area contributed by atoms with E-state index in [0.29, 0.717) is 5.56 Å². The molecule has 0 atom stereocenters. The minimum Gasteiger partial charge on any atom is -0.406 e. The molecule has 1 rings (SSSR count). The van der Waals surface area contributed by atoms with Gasteiger partial charge in [-0.3, -0.25) is 0 Å². The SMILES string of the molecule is C=C(CCNC(=O)NCc1cccc(OC(F)(F)F)c1)C(F)(F)F. The van der Waals surface area contributed by atoms with Gasteiger partial charge in [-0.2, -0.15) is 13.2 Å². The third-order valence-electron chi connectivity index (χ3n) is 2.70. The summed E-state index contributed by atoms with van der Waals surface area (Å²) in [6.45, 7) is 2.45. The number of carbonyl (C=O) groups excluding carboxylic acids is 1. The number of benzene rings is 1. The number of amides is 2. The maximum Gasteiger partial charge on any atom is 0.573 e. The summed E-state index contributed by atoms with van der Waals surface area (Å²) >= 11 is 0. The van der Waals surface area contributed by atoms with Crippen molar-refractivity contribution in [2.45, 2.75) is 25.5 Å². The molecule has 0 bridgehead atoms. The Kier molecular flexibility index (Phi) is 6.50. The number of urea groups is 1. The van der Waals surface area contributed by atoms with E-state index < -0.39 is 36.3 Å². The van der Waals surface area contributed by atoms with Crippen LogP contribution < -0.4 is 15.4 Å². The number of nitrogens with one attached hydrogen (secondary N) is 2. The molecule has 0 saturated heterocycles. The standard InChI is InChI=1S/C14H14F6N2O2/c1-9(13(15,16)17)5-6-21-12(23)22-8-10-3-2-4-11(7-10)24-14(18,19)20/h2-4,7H,1,5-6,8H2,(H2,21,22,23). The van der Waals surface area contributed by atoms with Crippen LogP contribution >= 0.6 is 0 Å². The van der Waals surface area contributed by atoms with Crippen molar-refractivity contribution in [3.63, 3.8) is 0 Å². The summed E-state index contributed by atoms with van der Waals surface area (Å²) in [6, 6.07) is 4.18. The molecule has 0 unspecified atom stereocenters. The second-order valence-electron chi connectivity index (χ2n) is 4.66. The van der Waals surface area contributed by atoms with Gasteiger partial charge < -0.3 is 15.4 Å². The van der Waals surface area contributed by atoms with E-state index in [2.05, 4.69) is 21.9 Å². The summed E-state index contributed by atoms with van der Waals surface area (Å²) < 4.78 is 76.5. The molecule has 0 aliphatic heterocycles. The van der Waals surface area contributed by atoms with Gasteiger partial charge in [-0.15, -0.1) is 13.2 Å². The Bertz CT molecular complexity index is 583. The lowest BCUT2D eigenvalue weighted by molar-refractivity contribution is -0.274. The van der Waals surface area contributed by atoms with Crippen molar-refractivity contribution < 1.29 is 35.9 Å². The molecule has 0 saturated carbocycles. The zero-order valence-corrected chi connectivity index (χ0v) is 12.2. The van der Waals surface area contributed by atoms with Gasteiger partial charge in [-0.1, -0.05) is 18.7 Å². The molecule has 0 fully saturated rings. The van der Waals surface area contributed by atoms with Gasteiger partial charge in [0.15, 0.2) is 0 Å². The van der Waals surface area contributed by atoms with Crippen molar-refractivity contribution in [1.82, 2.24) is 10.6 Å². The van der Waals surface area contributed by atoms with Crippen LogP contribution in [0, 0.1) is 0 Å². The summed E-state index contributed by atoms with van der Waals surface area (Å²) in [5, 5.41) is 4.49. The molecular weight excluding hydrogens is 342 g/mol. The first-order valence-corrected chi connectivity index (χ1v) is 6.59. The molecular formula is C14H14F6N2O2. The second kappa shape index (κ2) is 7.93.